The predicted molar refractivity (Wildman–Crippen MR) is 223 cm³/mol. The number of hydrogen-bond donors (Lipinski definition) is 3. The summed E-state index contributed by atoms with van der Waals surface area (Å²) in [6.07, 6.45) is 2.35. The van der Waals surface area contributed by atoms with Crippen LogP contribution in [-0.4, -0.2) is 61.2 Å². The summed E-state index contributed by atoms with van der Waals surface area (Å²) in [4.78, 5) is 40.2. The number of hydrogen-bond acceptors (Lipinski definition) is 8. The van der Waals surface area contributed by atoms with Crippen molar-refractivity contribution in [3.8, 4) is 11.1 Å². The molecule has 2 fully saturated rings. The largest absolute Gasteiger partial charge is 0.392 e. The van der Waals surface area contributed by atoms with Crippen molar-refractivity contribution in [3.63, 3.8) is 0 Å². The highest BCUT2D eigenvalue weighted by Crippen LogP contribution is 2.42. The zero-order valence-corrected chi connectivity index (χ0v) is 32.3. The first-order valence-electron chi connectivity index (χ1n) is 20.0. The number of likely N-dealkylation sites (tertiary alicyclic amines) is 1. The van der Waals surface area contributed by atoms with E-state index in [0.29, 0.717) is 12.1 Å². The van der Waals surface area contributed by atoms with Gasteiger partial charge in [0.25, 0.3) is 5.91 Å². The molecule has 0 bridgehead atoms. The van der Waals surface area contributed by atoms with E-state index < -0.39 is 6.29 Å². The van der Waals surface area contributed by atoms with Gasteiger partial charge in [-0.05, 0) is 71.0 Å². The molecule has 0 unspecified atom stereocenters. The van der Waals surface area contributed by atoms with Crippen molar-refractivity contribution < 1.29 is 19.4 Å². The van der Waals surface area contributed by atoms with Gasteiger partial charge in [-0.25, -0.2) is 9.78 Å². The minimum atomic E-state index is -0.583. The zero-order valence-electron chi connectivity index (χ0n) is 32.3. The lowest BCUT2D eigenvalue weighted by atomic mass is 9.89. The first kappa shape index (κ1) is 37.6. The highest BCUT2D eigenvalue weighted by atomic mass is 16.7. The third-order valence-electron chi connectivity index (χ3n) is 11.7. The zero-order chi connectivity index (χ0) is 39.6. The van der Waals surface area contributed by atoms with E-state index in [1.807, 2.05) is 89.5 Å². The van der Waals surface area contributed by atoms with E-state index in [0.717, 1.165) is 82.4 Å². The Balaban J connectivity index is 0.887. The predicted octanol–water partition coefficient (Wildman–Crippen LogP) is 7.49. The molecule has 4 atom stereocenters. The minimum absolute atomic E-state index is 0.0131. The monoisotopic (exact) mass is 774 g/mol. The number of nitrogens with zero attached hydrogens (tertiary/aromatic N) is 4. The van der Waals surface area contributed by atoms with Crippen LogP contribution < -0.4 is 11.0 Å². The molecule has 7 aromatic rings. The molecule has 1 amide bonds. The number of carbonyl (C=O) groups is 1. The van der Waals surface area contributed by atoms with Crippen molar-refractivity contribution >= 4 is 28.0 Å². The number of ether oxygens (including phenoxy) is 2. The number of carbonyl (C=O) groups excluding carboxylic acids is 1. The molecule has 0 spiro atoms. The second kappa shape index (κ2) is 16.5. The van der Waals surface area contributed by atoms with Crippen molar-refractivity contribution in [2.45, 2.75) is 57.5 Å². The molecule has 0 saturated carbocycles. The lowest BCUT2D eigenvalue weighted by molar-refractivity contribution is -0.276. The fraction of sp³-hybridized carbons (Fsp3) is 0.277. The average Bonchev–Trinajstić information content (AvgIpc) is 3.62. The SMILES string of the molecule is C[C@H]1[C@@H](CN2CCC(n3c(=O)[nH]c4ccccc43)CC2)O[C@@H](c2ccc(-c3cccc(CNC(=O)c4cnc5ccccc5n4)c3)cc2)O[C@H]1c1ccc(CO)cc1. The molecule has 2 saturated heterocycles. The maximum absolute atomic E-state index is 12.9. The summed E-state index contributed by atoms with van der Waals surface area (Å²) in [5.41, 5.74) is 9.35. The average molecular weight is 775 g/mol. The van der Waals surface area contributed by atoms with Crippen LogP contribution in [0.25, 0.3) is 33.2 Å². The Morgan fingerprint density at radius 2 is 1.57 bits per heavy atom. The number of aliphatic hydroxyl groups is 1. The fourth-order valence-corrected chi connectivity index (χ4v) is 8.41. The number of H-pyrrole nitrogens is 1. The third-order valence-corrected chi connectivity index (χ3v) is 11.7. The smallest absolute Gasteiger partial charge is 0.326 e. The molecule has 3 N–H and O–H groups in total. The molecule has 58 heavy (non-hydrogen) atoms. The molecule has 11 nitrogen and oxygen atoms in total. The standard InChI is InChI=1S/C47H46N6O5/c1-30-43(28-52-23-21-37(22-24-52)53-42-12-5-4-11-40(42)51-47(53)56)57-46(58-44(30)34-15-13-31(29-54)14-16-34)35-19-17-33(18-20-35)36-8-6-7-32(25-36)26-49-45(55)41-27-48-38-9-2-3-10-39(38)50-41/h2-20,25,27,30,37,43-44,46,54H,21-24,26,28-29H2,1H3,(H,49,55)(H,51,56)/t30-,43+,44+,46+/m0/s1. The van der Waals surface area contributed by atoms with Crippen LogP contribution in [0, 0.1) is 5.92 Å². The lowest BCUT2D eigenvalue weighted by Gasteiger charge is -2.44. The number of amides is 1. The molecule has 2 aliphatic heterocycles. The maximum atomic E-state index is 12.9. The number of fused-ring (bicyclic) bond motifs is 2. The summed E-state index contributed by atoms with van der Waals surface area (Å²) in [6.45, 7) is 5.00. The summed E-state index contributed by atoms with van der Waals surface area (Å²) in [7, 11) is 0. The number of nitrogens with one attached hydrogen (secondary N) is 2. The van der Waals surface area contributed by atoms with Crippen molar-refractivity contribution in [2.24, 2.45) is 5.92 Å². The molecule has 2 aliphatic rings. The molecule has 5 aromatic carbocycles. The number of rotatable bonds is 10. The van der Waals surface area contributed by atoms with E-state index in [-0.39, 0.29) is 48.1 Å². The van der Waals surface area contributed by atoms with Gasteiger partial charge in [0.15, 0.2) is 6.29 Å². The van der Waals surface area contributed by atoms with Crippen LogP contribution >= 0.6 is 0 Å². The fourth-order valence-electron chi connectivity index (χ4n) is 8.41. The van der Waals surface area contributed by atoms with Crippen LogP contribution in [-0.2, 0) is 22.6 Å². The molecule has 4 heterocycles. The van der Waals surface area contributed by atoms with E-state index >= 15 is 0 Å². The van der Waals surface area contributed by atoms with Crippen molar-refractivity contribution in [1.29, 1.82) is 0 Å². The third kappa shape index (κ3) is 7.81. The molecular weight excluding hydrogens is 729 g/mol. The van der Waals surface area contributed by atoms with Crippen LogP contribution in [0.2, 0.25) is 0 Å². The van der Waals surface area contributed by atoms with Gasteiger partial charge in [0.1, 0.15) is 5.69 Å². The first-order chi connectivity index (χ1) is 28.4. The van der Waals surface area contributed by atoms with Crippen molar-refractivity contribution in [1.82, 2.24) is 29.7 Å². The number of benzene rings is 5. The van der Waals surface area contributed by atoms with E-state index in [1.54, 1.807) is 0 Å². The van der Waals surface area contributed by atoms with Crippen LogP contribution in [0.5, 0.6) is 0 Å². The van der Waals surface area contributed by atoms with Gasteiger partial charge in [-0.15, -0.1) is 0 Å². The summed E-state index contributed by atoms with van der Waals surface area (Å²) in [5.74, 6) is -0.219. The van der Waals surface area contributed by atoms with Gasteiger partial charge in [0.05, 0.1) is 47.1 Å². The van der Waals surface area contributed by atoms with Crippen LogP contribution in [0.15, 0.2) is 132 Å². The lowest BCUT2D eigenvalue weighted by Crippen LogP contribution is -2.47. The van der Waals surface area contributed by atoms with E-state index in [1.165, 1.54) is 6.20 Å². The van der Waals surface area contributed by atoms with Gasteiger partial charge >= 0.3 is 5.69 Å². The molecule has 9 rings (SSSR count). The van der Waals surface area contributed by atoms with Crippen molar-refractivity contribution in [3.05, 3.63) is 166 Å². The number of aromatic nitrogens is 4. The second-order valence-electron chi connectivity index (χ2n) is 15.4. The highest BCUT2D eigenvalue weighted by Gasteiger charge is 2.39. The second-order valence-corrected chi connectivity index (χ2v) is 15.4. The topological polar surface area (TPSA) is 135 Å². The molecule has 0 aliphatic carbocycles. The Kier molecular flexibility index (Phi) is 10.7. The molecule has 294 valence electrons. The Morgan fingerprint density at radius 3 is 2.36 bits per heavy atom. The van der Waals surface area contributed by atoms with Gasteiger partial charge in [-0.3, -0.25) is 14.3 Å². The summed E-state index contributed by atoms with van der Waals surface area (Å²) >= 11 is 0. The molecule has 0 radical (unpaired) electrons. The summed E-state index contributed by atoms with van der Waals surface area (Å²) < 4.78 is 15.5. The Labute approximate surface area is 336 Å². The number of aliphatic hydroxyl groups excluding tert-OH is 1. The van der Waals surface area contributed by atoms with E-state index in [9.17, 15) is 14.7 Å². The van der Waals surface area contributed by atoms with Crippen molar-refractivity contribution in [2.75, 3.05) is 19.6 Å². The number of imidazole rings is 1. The number of piperidine rings is 1. The van der Waals surface area contributed by atoms with Crippen LogP contribution in [0.4, 0.5) is 0 Å². The Hall–Kier alpha value is -5.98. The normalized spacial score (nSPS) is 20.4. The van der Waals surface area contributed by atoms with E-state index in [2.05, 4.69) is 68.5 Å². The van der Waals surface area contributed by atoms with Gasteiger partial charge in [-0.2, -0.15) is 0 Å². The highest BCUT2D eigenvalue weighted by molar-refractivity contribution is 5.93. The van der Waals surface area contributed by atoms with Gasteiger partial charge < -0.3 is 29.8 Å². The summed E-state index contributed by atoms with van der Waals surface area (Å²) in [5, 5.41) is 12.7. The Morgan fingerprint density at radius 1 is 0.828 bits per heavy atom. The summed E-state index contributed by atoms with van der Waals surface area (Å²) in [6, 6.07) is 40.0. The first-order valence-corrected chi connectivity index (χ1v) is 20.0. The van der Waals surface area contributed by atoms with Crippen LogP contribution in [0.3, 0.4) is 0 Å². The van der Waals surface area contributed by atoms with Crippen LogP contribution in [0.1, 0.15) is 70.9 Å². The number of aromatic amines is 1. The maximum Gasteiger partial charge on any atom is 0.326 e. The molecule has 2 aromatic heterocycles. The van der Waals surface area contributed by atoms with Gasteiger partial charge in [-0.1, -0.05) is 97.9 Å². The Bertz CT molecular complexity index is 2600. The quantitative estimate of drug-likeness (QED) is 0.130. The minimum Gasteiger partial charge on any atom is -0.392 e. The molecule has 11 heteroatoms. The number of para-hydroxylation sites is 4. The molecular formula is C47H46N6O5. The van der Waals surface area contributed by atoms with Gasteiger partial charge in [0, 0.05) is 43.7 Å². The van der Waals surface area contributed by atoms with Gasteiger partial charge in [0.2, 0.25) is 0 Å². The van der Waals surface area contributed by atoms with E-state index in [4.69, 9.17) is 9.47 Å².